The summed E-state index contributed by atoms with van der Waals surface area (Å²) in [4.78, 5) is 72.8. The molecule has 6 atom stereocenters. The predicted molar refractivity (Wildman–Crippen MR) is 381 cm³/mol. The molecule has 0 saturated carbocycles. The Morgan fingerprint density at radius 2 is 0.511 bits per heavy atom. The van der Waals surface area contributed by atoms with E-state index in [-0.39, 0.29) is 25.7 Å². The average Bonchev–Trinajstić information content (AvgIpc) is 2.43. The molecule has 17 nitrogen and oxygen atoms in total. The monoisotopic (exact) mass is 1380 g/mol. The fraction of sp³-hybridized carbons (Fsp3) is 0.947. The standard InChI is InChI=1S/C75H146O17P2/c1-9-68(8)54-46-38-30-25-26-32-40-48-56-73(78)86-62-71(92-75(80)58-50-42-34-24-18-21-29-37-45-53-67(6)7)64-90-94(83,84)88-60-69(76)59-87-93(81,82)89-63-70(61-85-72(77)55-47-39-31-23-17-20-28-36-44-52-66(4)5)91-74(79)57-49-41-33-22-16-14-12-10-11-13-15-19-27-35-43-51-65(2)3/h65-71,76H,9-64H2,1-8H3,(H,81,82)(H,83,84)/t68?,69-,70-,71-/m1/s1. The Balaban J connectivity index is 5.25. The van der Waals surface area contributed by atoms with Crippen LogP contribution in [0.1, 0.15) is 376 Å². The Morgan fingerprint density at radius 3 is 0.755 bits per heavy atom. The molecular weight excluding hydrogens is 1230 g/mol. The van der Waals surface area contributed by atoms with Gasteiger partial charge in [0.25, 0.3) is 0 Å². The molecule has 0 rings (SSSR count). The van der Waals surface area contributed by atoms with Crippen LogP contribution < -0.4 is 0 Å². The van der Waals surface area contributed by atoms with E-state index in [0.29, 0.717) is 25.7 Å². The second kappa shape index (κ2) is 64.4. The summed E-state index contributed by atoms with van der Waals surface area (Å²) in [7, 11) is -9.91. The summed E-state index contributed by atoms with van der Waals surface area (Å²) < 4.78 is 68.5. The molecule has 0 heterocycles. The Kier molecular flexibility index (Phi) is 63.1. The molecule has 558 valence electrons. The number of esters is 4. The van der Waals surface area contributed by atoms with Gasteiger partial charge in [0.05, 0.1) is 26.4 Å². The van der Waals surface area contributed by atoms with Crippen LogP contribution in [0.15, 0.2) is 0 Å². The summed E-state index contributed by atoms with van der Waals surface area (Å²) >= 11 is 0. The molecular formula is C75H146O17P2. The maximum atomic E-state index is 13.1. The maximum Gasteiger partial charge on any atom is 0.472 e. The van der Waals surface area contributed by atoms with E-state index >= 15 is 0 Å². The topological polar surface area (TPSA) is 237 Å². The molecule has 94 heavy (non-hydrogen) atoms. The lowest BCUT2D eigenvalue weighted by atomic mass is 9.99. The number of rotatable bonds is 72. The number of carbonyl (C=O) groups is 4. The zero-order chi connectivity index (χ0) is 69.6. The molecule has 0 aliphatic rings. The lowest BCUT2D eigenvalue weighted by molar-refractivity contribution is -0.161. The van der Waals surface area contributed by atoms with Gasteiger partial charge in [-0.15, -0.1) is 0 Å². The van der Waals surface area contributed by atoms with Crippen LogP contribution in [-0.4, -0.2) is 96.7 Å². The third-order valence-corrected chi connectivity index (χ3v) is 19.6. The summed E-state index contributed by atoms with van der Waals surface area (Å²) in [6.45, 7) is 14.2. The molecule has 3 N–H and O–H groups in total. The third-order valence-electron chi connectivity index (χ3n) is 17.7. The quantitative estimate of drug-likeness (QED) is 0.0222. The smallest absolute Gasteiger partial charge is 0.462 e. The largest absolute Gasteiger partial charge is 0.472 e. The number of aliphatic hydroxyl groups is 1. The highest BCUT2D eigenvalue weighted by molar-refractivity contribution is 7.47. The van der Waals surface area contributed by atoms with Crippen LogP contribution in [0.4, 0.5) is 0 Å². The van der Waals surface area contributed by atoms with Crippen molar-refractivity contribution in [2.24, 2.45) is 23.7 Å². The van der Waals surface area contributed by atoms with Crippen LogP contribution in [0.5, 0.6) is 0 Å². The molecule has 0 bridgehead atoms. The number of phosphoric acid groups is 2. The Labute approximate surface area is 575 Å². The lowest BCUT2D eigenvalue weighted by Gasteiger charge is -2.21. The van der Waals surface area contributed by atoms with Gasteiger partial charge >= 0.3 is 39.5 Å². The highest BCUT2D eigenvalue weighted by atomic mass is 31.2. The van der Waals surface area contributed by atoms with Crippen LogP contribution in [0, 0.1) is 23.7 Å². The van der Waals surface area contributed by atoms with Crippen molar-refractivity contribution in [2.75, 3.05) is 39.6 Å². The molecule has 0 saturated heterocycles. The molecule has 0 aromatic heterocycles. The lowest BCUT2D eigenvalue weighted by Crippen LogP contribution is -2.30. The van der Waals surface area contributed by atoms with Gasteiger partial charge in [-0.25, -0.2) is 9.13 Å². The predicted octanol–water partition coefficient (Wildman–Crippen LogP) is 21.7. The van der Waals surface area contributed by atoms with Gasteiger partial charge < -0.3 is 33.8 Å². The second-order valence-electron chi connectivity index (χ2n) is 28.7. The fourth-order valence-electron chi connectivity index (χ4n) is 11.3. The van der Waals surface area contributed by atoms with Gasteiger partial charge in [-0.2, -0.15) is 0 Å². The van der Waals surface area contributed by atoms with Gasteiger partial charge in [0.15, 0.2) is 12.2 Å². The number of phosphoric ester groups is 2. The minimum absolute atomic E-state index is 0.104. The summed E-state index contributed by atoms with van der Waals surface area (Å²) in [6, 6.07) is 0. The first-order chi connectivity index (χ1) is 45.1. The van der Waals surface area contributed by atoms with Gasteiger partial charge in [-0.3, -0.25) is 37.3 Å². The van der Waals surface area contributed by atoms with Gasteiger partial charge in [-0.1, -0.05) is 325 Å². The first kappa shape index (κ1) is 92.1. The average molecular weight is 1380 g/mol. The Hall–Kier alpha value is -1.94. The van der Waals surface area contributed by atoms with E-state index in [1.54, 1.807) is 0 Å². The van der Waals surface area contributed by atoms with Crippen molar-refractivity contribution in [1.29, 1.82) is 0 Å². The molecule has 0 aromatic carbocycles. The first-order valence-electron chi connectivity index (χ1n) is 38.7. The Bertz CT molecular complexity index is 1850. The molecule has 3 unspecified atom stereocenters. The molecule has 0 aliphatic heterocycles. The van der Waals surface area contributed by atoms with Gasteiger partial charge in [-0.05, 0) is 49.4 Å². The fourth-order valence-corrected chi connectivity index (χ4v) is 12.9. The van der Waals surface area contributed by atoms with Crippen molar-refractivity contribution in [3.05, 3.63) is 0 Å². The van der Waals surface area contributed by atoms with Crippen LogP contribution in [-0.2, 0) is 65.4 Å². The molecule has 0 aromatic rings. The molecule has 0 aliphatic carbocycles. The SMILES string of the molecule is CCC(C)CCCCCCCCCCC(=O)OC[C@H](COP(=O)(O)OC[C@H](O)COP(=O)(O)OC[C@@H](COC(=O)CCCCCCCCCCCC(C)C)OC(=O)CCCCCCCCCCCCCCCCCC(C)C)OC(=O)CCCCCCCCCCCC(C)C. The van der Waals surface area contributed by atoms with Crippen molar-refractivity contribution in [1.82, 2.24) is 0 Å². The number of hydrogen-bond acceptors (Lipinski definition) is 15. The molecule has 19 heteroatoms. The molecule has 0 amide bonds. The highest BCUT2D eigenvalue weighted by Gasteiger charge is 2.30. The summed E-state index contributed by atoms with van der Waals surface area (Å²) in [5.41, 5.74) is 0. The van der Waals surface area contributed by atoms with E-state index in [4.69, 9.17) is 37.0 Å². The highest BCUT2D eigenvalue weighted by Crippen LogP contribution is 2.45. The van der Waals surface area contributed by atoms with E-state index in [0.717, 1.165) is 114 Å². The summed E-state index contributed by atoms with van der Waals surface area (Å²) in [6.07, 6.45) is 48.5. The zero-order valence-corrected chi connectivity index (χ0v) is 63.4. The van der Waals surface area contributed by atoms with Gasteiger partial charge in [0.2, 0.25) is 0 Å². The normalized spacial score (nSPS) is 14.4. The van der Waals surface area contributed by atoms with E-state index in [9.17, 15) is 43.2 Å². The van der Waals surface area contributed by atoms with Crippen LogP contribution >= 0.6 is 15.6 Å². The van der Waals surface area contributed by atoms with Crippen LogP contribution in [0.2, 0.25) is 0 Å². The minimum Gasteiger partial charge on any atom is -0.462 e. The van der Waals surface area contributed by atoms with Crippen molar-refractivity contribution < 1.29 is 80.2 Å². The first-order valence-corrected chi connectivity index (χ1v) is 41.7. The van der Waals surface area contributed by atoms with Gasteiger partial charge in [0.1, 0.15) is 19.3 Å². The van der Waals surface area contributed by atoms with Crippen molar-refractivity contribution in [3.8, 4) is 0 Å². The number of unbranched alkanes of at least 4 members (excludes halogenated alkanes) is 37. The molecule has 0 radical (unpaired) electrons. The van der Waals surface area contributed by atoms with E-state index < -0.39 is 97.5 Å². The minimum atomic E-state index is -4.96. The number of carbonyl (C=O) groups excluding carboxylic acids is 4. The molecule has 0 fully saturated rings. The van der Waals surface area contributed by atoms with Crippen molar-refractivity contribution >= 4 is 39.5 Å². The second-order valence-corrected chi connectivity index (χ2v) is 31.6. The summed E-state index contributed by atoms with van der Waals surface area (Å²) in [5, 5.41) is 10.6. The molecule has 0 spiro atoms. The van der Waals surface area contributed by atoms with E-state index in [1.165, 1.54) is 180 Å². The third kappa shape index (κ3) is 67.3. The van der Waals surface area contributed by atoms with E-state index in [1.807, 2.05) is 0 Å². The zero-order valence-electron chi connectivity index (χ0n) is 61.6. The van der Waals surface area contributed by atoms with E-state index in [2.05, 4.69) is 55.4 Å². The summed E-state index contributed by atoms with van der Waals surface area (Å²) in [5.74, 6) is 0.938. The maximum absolute atomic E-state index is 13.1. The number of ether oxygens (including phenoxy) is 4. The van der Waals surface area contributed by atoms with Gasteiger partial charge in [0, 0.05) is 25.7 Å². The van der Waals surface area contributed by atoms with Crippen molar-refractivity contribution in [3.63, 3.8) is 0 Å². The Morgan fingerprint density at radius 1 is 0.298 bits per heavy atom. The number of hydrogen-bond donors (Lipinski definition) is 3. The number of aliphatic hydroxyl groups excluding tert-OH is 1. The van der Waals surface area contributed by atoms with Crippen LogP contribution in [0.3, 0.4) is 0 Å². The van der Waals surface area contributed by atoms with Crippen LogP contribution in [0.25, 0.3) is 0 Å². The van der Waals surface area contributed by atoms with Crippen molar-refractivity contribution in [2.45, 2.75) is 395 Å².